The lowest BCUT2D eigenvalue weighted by molar-refractivity contribution is -0.110. The SMILES string of the molecule is N=C(C(=O)Nc1ccc(CN2CCCCC2)nc1)c1cc(-c2cncc(Oc3ccccc3)c2)ccc1N. The number of nitrogens with one attached hydrogen (secondary N) is 2. The normalized spacial score (nSPS) is 13.6. The zero-order valence-electron chi connectivity index (χ0n) is 21.1. The summed E-state index contributed by atoms with van der Waals surface area (Å²) in [6.45, 7) is 3.00. The Hall–Kier alpha value is -4.56. The summed E-state index contributed by atoms with van der Waals surface area (Å²) in [4.78, 5) is 24.1. The monoisotopic (exact) mass is 506 g/mol. The number of nitrogens with two attached hydrogens (primary N) is 1. The summed E-state index contributed by atoms with van der Waals surface area (Å²) in [6.07, 6.45) is 8.71. The van der Waals surface area contributed by atoms with E-state index in [9.17, 15) is 4.79 Å². The summed E-state index contributed by atoms with van der Waals surface area (Å²) in [5.41, 5.74) is 9.65. The predicted molar refractivity (Wildman–Crippen MR) is 149 cm³/mol. The molecule has 0 bridgehead atoms. The van der Waals surface area contributed by atoms with E-state index in [4.69, 9.17) is 15.9 Å². The lowest BCUT2D eigenvalue weighted by Crippen LogP contribution is -2.29. The van der Waals surface area contributed by atoms with Crippen molar-refractivity contribution in [3.63, 3.8) is 0 Å². The van der Waals surface area contributed by atoms with E-state index in [0.717, 1.165) is 36.5 Å². The number of anilines is 2. The number of amides is 1. The molecule has 1 amide bonds. The van der Waals surface area contributed by atoms with Gasteiger partial charge in [0.25, 0.3) is 5.91 Å². The second-order valence-corrected chi connectivity index (χ2v) is 9.33. The third-order valence-electron chi connectivity index (χ3n) is 6.49. The molecule has 1 aliphatic rings. The number of likely N-dealkylation sites (tertiary alicyclic amines) is 1. The number of hydrogen-bond donors (Lipinski definition) is 3. The van der Waals surface area contributed by atoms with Crippen LogP contribution in [0.25, 0.3) is 11.1 Å². The first kappa shape index (κ1) is 25.1. The quantitative estimate of drug-likeness (QED) is 0.214. The number of hydrogen-bond acceptors (Lipinski definition) is 7. The fourth-order valence-electron chi connectivity index (χ4n) is 4.46. The van der Waals surface area contributed by atoms with Crippen LogP contribution in [0.15, 0.2) is 85.3 Å². The molecule has 0 saturated carbocycles. The zero-order valence-corrected chi connectivity index (χ0v) is 21.1. The number of piperidine rings is 1. The van der Waals surface area contributed by atoms with Crippen LogP contribution in [-0.2, 0) is 11.3 Å². The van der Waals surface area contributed by atoms with Gasteiger partial charge in [-0.15, -0.1) is 0 Å². The highest BCUT2D eigenvalue weighted by Crippen LogP contribution is 2.28. The Balaban J connectivity index is 1.27. The maximum absolute atomic E-state index is 12.9. The molecule has 3 heterocycles. The van der Waals surface area contributed by atoms with Crippen LogP contribution in [0.2, 0.25) is 0 Å². The molecule has 1 saturated heterocycles. The number of rotatable bonds is 8. The predicted octanol–water partition coefficient (Wildman–Crippen LogP) is 5.51. The summed E-state index contributed by atoms with van der Waals surface area (Å²) in [5.74, 6) is 0.728. The average Bonchev–Trinajstić information content (AvgIpc) is 2.95. The fraction of sp³-hybridized carbons (Fsp3) is 0.200. The van der Waals surface area contributed by atoms with Gasteiger partial charge < -0.3 is 15.8 Å². The summed E-state index contributed by atoms with van der Waals surface area (Å²) in [6, 6.07) is 20.3. The molecule has 2 aromatic heterocycles. The minimum atomic E-state index is -0.557. The highest BCUT2D eigenvalue weighted by atomic mass is 16.5. The van der Waals surface area contributed by atoms with Gasteiger partial charge in [-0.25, -0.2) is 0 Å². The highest BCUT2D eigenvalue weighted by molar-refractivity contribution is 6.48. The first-order chi connectivity index (χ1) is 18.5. The van der Waals surface area contributed by atoms with E-state index in [2.05, 4.69) is 20.2 Å². The van der Waals surface area contributed by atoms with Crippen molar-refractivity contribution in [2.45, 2.75) is 25.8 Å². The number of carbonyl (C=O) groups is 1. The molecule has 1 aliphatic heterocycles. The molecule has 192 valence electrons. The molecule has 0 spiro atoms. The molecule has 0 unspecified atom stereocenters. The Bertz CT molecular complexity index is 1420. The molecule has 0 radical (unpaired) electrons. The van der Waals surface area contributed by atoms with E-state index in [1.165, 1.54) is 19.3 Å². The Kier molecular flexibility index (Phi) is 7.70. The second-order valence-electron chi connectivity index (χ2n) is 9.33. The van der Waals surface area contributed by atoms with E-state index in [1.807, 2.05) is 54.6 Å². The van der Waals surface area contributed by atoms with Crippen molar-refractivity contribution in [3.8, 4) is 22.6 Å². The van der Waals surface area contributed by atoms with Crippen LogP contribution < -0.4 is 15.8 Å². The molecule has 0 aliphatic carbocycles. The van der Waals surface area contributed by atoms with Gasteiger partial charge in [0, 0.05) is 29.6 Å². The van der Waals surface area contributed by atoms with E-state index in [1.54, 1.807) is 30.7 Å². The van der Waals surface area contributed by atoms with Gasteiger partial charge in [-0.1, -0.05) is 30.7 Å². The van der Waals surface area contributed by atoms with Gasteiger partial charge >= 0.3 is 0 Å². The van der Waals surface area contributed by atoms with Gasteiger partial charge in [0.2, 0.25) is 0 Å². The van der Waals surface area contributed by atoms with Crippen molar-refractivity contribution in [2.75, 3.05) is 24.1 Å². The van der Waals surface area contributed by atoms with Crippen LogP contribution in [0.5, 0.6) is 11.5 Å². The van der Waals surface area contributed by atoms with Gasteiger partial charge in [-0.2, -0.15) is 0 Å². The van der Waals surface area contributed by atoms with Crippen LogP contribution in [0.1, 0.15) is 30.5 Å². The Morgan fingerprint density at radius 1 is 0.921 bits per heavy atom. The van der Waals surface area contributed by atoms with E-state index in [-0.39, 0.29) is 5.71 Å². The maximum atomic E-state index is 12.9. The van der Waals surface area contributed by atoms with Gasteiger partial charge in [0.15, 0.2) is 0 Å². The van der Waals surface area contributed by atoms with E-state index >= 15 is 0 Å². The first-order valence-corrected chi connectivity index (χ1v) is 12.7. The summed E-state index contributed by atoms with van der Waals surface area (Å²) in [7, 11) is 0. The summed E-state index contributed by atoms with van der Waals surface area (Å²) < 4.78 is 5.90. The topological polar surface area (TPSA) is 117 Å². The van der Waals surface area contributed by atoms with Crippen molar-refractivity contribution in [1.29, 1.82) is 5.41 Å². The van der Waals surface area contributed by atoms with Crippen molar-refractivity contribution in [2.24, 2.45) is 0 Å². The zero-order chi connectivity index (χ0) is 26.3. The van der Waals surface area contributed by atoms with Gasteiger partial charge in [-0.3, -0.25) is 25.1 Å². The van der Waals surface area contributed by atoms with Gasteiger partial charge in [0.1, 0.15) is 17.2 Å². The minimum Gasteiger partial charge on any atom is -0.456 e. The standard InChI is InChI=1S/C30H30N6O2/c31-28-12-9-21(22-15-26(19-33-17-22)38-25-7-3-1-4-8-25)16-27(28)29(32)30(37)35-23-10-11-24(34-18-23)20-36-13-5-2-6-14-36/h1,3-4,7-12,15-19,32H,2,5-6,13-14,20,31H2,(H,35,37). The number of para-hydroxylation sites is 1. The summed E-state index contributed by atoms with van der Waals surface area (Å²) in [5, 5.41) is 11.3. The van der Waals surface area contributed by atoms with Crippen molar-refractivity contribution >= 4 is 23.0 Å². The van der Waals surface area contributed by atoms with Crippen LogP contribution in [-0.4, -0.2) is 39.6 Å². The number of nitrogens with zero attached hydrogens (tertiary/aromatic N) is 3. The van der Waals surface area contributed by atoms with Crippen LogP contribution in [0, 0.1) is 5.41 Å². The average molecular weight is 507 g/mol. The largest absolute Gasteiger partial charge is 0.456 e. The maximum Gasteiger partial charge on any atom is 0.274 e. The minimum absolute atomic E-state index is 0.230. The van der Waals surface area contributed by atoms with Crippen molar-refractivity contribution in [1.82, 2.24) is 14.9 Å². The highest BCUT2D eigenvalue weighted by Gasteiger charge is 2.17. The number of pyridine rings is 2. The number of benzene rings is 2. The van der Waals surface area contributed by atoms with E-state index < -0.39 is 5.91 Å². The van der Waals surface area contributed by atoms with Crippen LogP contribution in [0.3, 0.4) is 0 Å². The Morgan fingerprint density at radius 3 is 2.50 bits per heavy atom. The van der Waals surface area contributed by atoms with Crippen molar-refractivity contribution in [3.05, 3.63) is 96.6 Å². The molecule has 4 aromatic rings. The molecular weight excluding hydrogens is 476 g/mol. The lowest BCUT2D eigenvalue weighted by Gasteiger charge is -2.25. The Labute approximate surface area is 222 Å². The van der Waals surface area contributed by atoms with Gasteiger partial charge in [0.05, 0.1) is 23.8 Å². The van der Waals surface area contributed by atoms with Crippen LogP contribution >= 0.6 is 0 Å². The Morgan fingerprint density at radius 2 is 1.74 bits per heavy atom. The fourth-order valence-corrected chi connectivity index (χ4v) is 4.46. The third kappa shape index (κ3) is 6.22. The molecule has 4 N–H and O–H groups in total. The molecule has 2 aromatic carbocycles. The third-order valence-corrected chi connectivity index (χ3v) is 6.49. The number of carbonyl (C=O) groups excluding carboxylic acids is 1. The molecular formula is C30H30N6O2. The second kappa shape index (κ2) is 11.7. The smallest absolute Gasteiger partial charge is 0.274 e. The van der Waals surface area contributed by atoms with Crippen LogP contribution in [0.4, 0.5) is 11.4 Å². The molecule has 8 nitrogen and oxygen atoms in total. The van der Waals surface area contributed by atoms with Crippen molar-refractivity contribution < 1.29 is 9.53 Å². The molecule has 8 heteroatoms. The van der Waals surface area contributed by atoms with E-state index in [0.29, 0.717) is 28.4 Å². The first-order valence-electron chi connectivity index (χ1n) is 12.7. The lowest BCUT2D eigenvalue weighted by atomic mass is 10.00. The number of aromatic nitrogens is 2. The van der Waals surface area contributed by atoms with Gasteiger partial charge in [-0.05, 0) is 74.0 Å². The summed E-state index contributed by atoms with van der Waals surface area (Å²) >= 11 is 0. The molecule has 0 atom stereocenters. The number of nitrogen functional groups attached to an aromatic ring is 1. The molecule has 1 fully saturated rings. The molecule has 5 rings (SSSR count). The number of ether oxygens (including phenoxy) is 1. The molecule has 38 heavy (non-hydrogen) atoms.